The number of hydrogen-bond donors (Lipinski definition) is 1. The molecule has 3 aromatic rings. The van der Waals surface area contributed by atoms with Crippen LogP contribution >= 0.6 is 0 Å². The van der Waals surface area contributed by atoms with Crippen molar-refractivity contribution in [1.29, 1.82) is 0 Å². The third-order valence-electron chi connectivity index (χ3n) is 7.37. The smallest absolute Gasteiger partial charge is 0.330 e. The van der Waals surface area contributed by atoms with Gasteiger partial charge in [-0.15, -0.1) is 0 Å². The molecule has 2 aliphatic rings. The van der Waals surface area contributed by atoms with Crippen molar-refractivity contribution in [2.75, 3.05) is 66.2 Å². The lowest BCUT2D eigenvalue weighted by Crippen LogP contribution is -2.47. The molecule has 1 unspecified atom stereocenters. The highest BCUT2D eigenvalue weighted by Crippen LogP contribution is 2.31. The van der Waals surface area contributed by atoms with Gasteiger partial charge in [0, 0.05) is 62.4 Å². The van der Waals surface area contributed by atoms with Gasteiger partial charge in [-0.1, -0.05) is 18.2 Å². The number of ether oxygens (including phenoxy) is 4. The number of pyridine rings is 1. The van der Waals surface area contributed by atoms with Crippen LogP contribution in [0, 0.1) is 0 Å². The molecule has 0 bridgehead atoms. The van der Waals surface area contributed by atoms with Crippen LogP contribution in [-0.4, -0.2) is 92.1 Å². The van der Waals surface area contributed by atoms with E-state index in [1.165, 1.54) is 11.6 Å². The average molecular weight is 548 g/mol. The van der Waals surface area contributed by atoms with Crippen molar-refractivity contribution < 1.29 is 28.8 Å². The number of β-amino-alcohol motifs (C(OH)–C–C–N with tert-alkyl or cyclic N) is 1. The van der Waals surface area contributed by atoms with Gasteiger partial charge in [0.25, 0.3) is 0 Å². The quantitative estimate of drug-likeness (QED) is 0.302. The number of esters is 1. The Kier molecular flexibility index (Phi) is 9.15. The molecule has 0 spiro atoms. The van der Waals surface area contributed by atoms with E-state index in [-0.39, 0.29) is 0 Å². The van der Waals surface area contributed by atoms with E-state index in [2.05, 4.69) is 26.9 Å². The van der Waals surface area contributed by atoms with Crippen LogP contribution in [0.25, 0.3) is 17.0 Å². The van der Waals surface area contributed by atoms with Crippen LogP contribution in [0.2, 0.25) is 0 Å². The summed E-state index contributed by atoms with van der Waals surface area (Å²) in [6.45, 7) is 8.45. The van der Waals surface area contributed by atoms with Crippen molar-refractivity contribution in [2.24, 2.45) is 0 Å². The van der Waals surface area contributed by atoms with E-state index in [4.69, 9.17) is 18.9 Å². The number of carbonyl (C=O) groups is 1. The number of fused-ring (bicyclic) bond motifs is 2. The number of aromatic nitrogens is 1. The molecule has 0 radical (unpaired) electrons. The molecule has 0 saturated carbocycles. The highest BCUT2D eigenvalue weighted by molar-refractivity contribution is 5.95. The fraction of sp³-hybridized carbons (Fsp3) is 0.419. The fourth-order valence-corrected chi connectivity index (χ4v) is 5.19. The monoisotopic (exact) mass is 547 g/mol. The molecule has 0 amide bonds. The second kappa shape index (κ2) is 13.1. The number of aliphatic hydroxyl groups is 1. The molecule has 1 atom stereocenters. The van der Waals surface area contributed by atoms with E-state index in [0.717, 1.165) is 67.2 Å². The van der Waals surface area contributed by atoms with Gasteiger partial charge < -0.3 is 29.0 Å². The van der Waals surface area contributed by atoms with Crippen LogP contribution in [0.5, 0.6) is 17.4 Å². The van der Waals surface area contributed by atoms with E-state index in [1.807, 2.05) is 24.3 Å². The predicted octanol–water partition coefficient (Wildman–Crippen LogP) is 3.48. The van der Waals surface area contributed by atoms with Gasteiger partial charge in [0.15, 0.2) is 11.5 Å². The molecule has 5 rings (SSSR count). The van der Waals surface area contributed by atoms with Gasteiger partial charge in [-0.05, 0) is 48.7 Å². The third-order valence-corrected chi connectivity index (χ3v) is 7.37. The van der Waals surface area contributed by atoms with E-state index < -0.39 is 12.1 Å². The summed E-state index contributed by atoms with van der Waals surface area (Å²) in [7, 11) is 1.57. The summed E-state index contributed by atoms with van der Waals surface area (Å²) in [5.74, 6) is 1.74. The Bertz CT molecular complexity index is 1350. The molecule has 1 fully saturated rings. The molecule has 2 aromatic carbocycles. The van der Waals surface area contributed by atoms with Crippen molar-refractivity contribution in [1.82, 2.24) is 14.8 Å². The number of methoxy groups -OCH3 is 1. The Morgan fingerprint density at radius 3 is 2.60 bits per heavy atom. The van der Waals surface area contributed by atoms with E-state index in [0.29, 0.717) is 37.8 Å². The van der Waals surface area contributed by atoms with Gasteiger partial charge in [-0.2, -0.15) is 0 Å². The summed E-state index contributed by atoms with van der Waals surface area (Å²) in [6, 6.07) is 13.7. The molecular formula is C31H37N3O6. The summed E-state index contributed by atoms with van der Waals surface area (Å²) < 4.78 is 21.7. The molecule has 1 aromatic heterocycles. The van der Waals surface area contributed by atoms with Crippen molar-refractivity contribution in [3.8, 4) is 17.4 Å². The number of benzene rings is 2. The first-order valence-electron chi connectivity index (χ1n) is 13.9. The zero-order chi connectivity index (χ0) is 27.9. The molecule has 1 N–H and O–H groups in total. The lowest BCUT2D eigenvalue weighted by atomic mass is 9.99. The summed E-state index contributed by atoms with van der Waals surface area (Å²) in [6.07, 6.45) is 3.37. The number of piperazine rings is 1. The van der Waals surface area contributed by atoms with E-state index in [9.17, 15) is 9.90 Å². The van der Waals surface area contributed by atoms with Crippen LogP contribution in [0.4, 0.5) is 0 Å². The van der Waals surface area contributed by atoms with Gasteiger partial charge in [-0.3, -0.25) is 4.90 Å². The number of aliphatic hydroxyl groups excluding tert-OH is 1. The molecular weight excluding hydrogens is 510 g/mol. The maximum absolute atomic E-state index is 11.8. The number of carbonyl (C=O) groups excluding carboxylic acids is 1. The highest BCUT2D eigenvalue weighted by Gasteiger charge is 2.22. The minimum atomic E-state index is -0.713. The maximum atomic E-state index is 11.8. The van der Waals surface area contributed by atoms with Crippen LogP contribution in [-0.2, 0) is 16.0 Å². The molecule has 0 aliphatic carbocycles. The Balaban J connectivity index is 1.20. The fourth-order valence-electron chi connectivity index (χ4n) is 5.19. The van der Waals surface area contributed by atoms with Crippen LogP contribution in [0.15, 0.2) is 48.5 Å². The van der Waals surface area contributed by atoms with Gasteiger partial charge in [-0.25, -0.2) is 9.78 Å². The van der Waals surface area contributed by atoms with Gasteiger partial charge in [0.05, 0.1) is 25.3 Å². The standard InChI is InChI=1S/C31H37N3O6/c1-3-38-30(36)11-6-23-5-7-25(31-24(23)8-10-29(32-31)37-2)26(35)21-34-16-14-33(15-17-34)13-12-22-4-9-27-28(20-22)40-19-18-39-27/h4-11,20,26,35H,3,12-19,21H2,1-2H3/b11-6+. The molecule has 9 nitrogen and oxygen atoms in total. The minimum Gasteiger partial charge on any atom is -0.486 e. The molecule has 212 valence electrons. The van der Waals surface area contributed by atoms with Crippen LogP contribution < -0.4 is 14.2 Å². The number of rotatable bonds is 10. The second-order valence-electron chi connectivity index (χ2n) is 9.97. The normalized spacial score (nSPS) is 16.8. The Hall–Kier alpha value is -3.66. The van der Waals surface area contributed by atoms with Gasteiger partial charge in [0.2, 0.25) is 5.88 Å². The van der Waals surface area contributed by atoms with Crippen LogP contribution in [0.1, 0.15) is 29.7 Å². The predicted molar refractivity (Wildman–Crippen MR) is 153 cm³/mol. The summed E-state index contributed by atoms with van der Waals surface area (Å²) in [5.41, 5.74) is 3.47. The Labute approximate surface area is 234 Å². The van der Waals surface area contributed by atoms with E-state index >= 15 is 0 Å². The minimum absolute atomic E-state index is 0.321. The third kappa shape index (κ3) is 6.72. The number of hydrogen-bond acceptors (Lipinski definition) is 9. The first-order valence-corrected chi connectivity index (χ1v) is 13.9. The molecule has 40 heavy (non-hydrogen) atoms. The first kappa shape index (κ1) is 27.9. The largest absolute Gasteiger partial charge is 0.486 e. The SMILES string of the molecule is CCOC(=O)/C=C/c1ccc(C(O)CN2CCN(CCc3ccc4c(c3)OCCO4)CC2)c2nc(OC)ccc12. The van der Waals surface area contributed by atoms with E-state index in [1.54, 1.807) is 26.2 Å². The topological polar surface area (TPSA) is 93.6 Å². The average Bonchev–Trinajstić information content (AvgIpc) is 2.99. The molecule has 2 aliphatic heterocycles. The summed E-state index contributed by atoms with van der Waals surface area (Å²) in [5, 5.41) is 12.1. The molecule has 3 heterocycles. The van der Waals surface area contributed by atoms with Crippen molar-refractivity contribution in [3.63, 3.8) is 0 Å². The van der Waals surface area contributed by atoms with Gasteiger partial charge >= 0.3 is 5.97 Å². The van der Waals surface area contributed by atoms with Crippen molar-refractivity contribution in [2.45, 2.75) is 19.4 Å². The van der Waals surface area contributed by atoms with Crippen molar-refractivity contribution >= 4 is 22.9 Å². The molecule has 1 saturated heterocycles. The second-order valence-corrected chi connectivity index (χ2v) is 9.97. The Morgan fingerprint density at radius 1 is 1.05 bits per heavy atom. The highest BCUT2D eigenvalue weighted by atomic mass is 16.6. The van der Waals surface area contributed by atoms with Crippen LogP contribution in [0.3, 0.4) is 0 Å². The van der Waals surface area contributed by atoms with Crippen molar-refractivity contribution in [3.05, 3.63) is 65.2 Å². The number of nitrogens with zero attached hydrogens (tertiary/aromatic N) is 3. The first-order chi connectivity index (χ1) is 19.5. The maximum Gasteiger partial charge on any atom is 0.330 e. The Morgan fingerprint density at radius 2 is 1.82 bits per heavy atom. The zero-order valence-corrected chi connectivity index (χ0v) is 23.2. The van der Waals surface area contributed by atoms with Gasteiger partial charge in [0.1, 0.15) is 13.2 Å². The summed E-state index contributed by atoms with van der Waals surface area (Å²) in [4.78, 5) is 21.2. The lowest BCUT2D eigenvalue weighted by molar-refractivity contribution is -0.137. The molecule has 9 heteroatoms. The summed E-state index contributed by atoms with van der Waals surface area (Å²) >= 11 is 0. The lowest BCUT2D eigenvalue weighted by Gasteiger charge is -2.35. The zero-order valence-electron chi connectivity index (χ0n) is 23.2.